The molecule has 160 valence electrons. The number of Topliss-reactive ketones (excluding diaryl/α,β-unsaturated/α-hetero) is 1. The molecule has 0 unspecified atom stereocenters. The standard InChI is InChI=1S/C19H23ClO8S/c1-3-26-15(22)11-27-14-9-13(25-2)16-12(21)10-19(7-5-4-6-8-19)28-17(16)18(14)29(20,23)24/h9H,3-8,10-11H2,1-2H3. The number of rotatable bonds is 6. The van der Waals surface area contributed by atoms with Crippen LogP contribution in [0.1, 0.15) is 55.8 Å². The van der Waals surface area contributed by atoms with Crippen molar-refractivity contribution in [3.63, 3.8) is 0 Å². The summed E-state index contributed by atoms with van der Waals surface area (Å²) < 4.78 is 46.5. The smallest absolute Gasteiger partial charge is 0.344 e. The van der Waals surface area contributed by atoms with Gasteiger partial charge in [0, 0.05) is 16.7 Å². The van der Waals surface area contributed by atoms with Crippen LogP contribution < -0.4 is 14.2 Å². The predicted octanol–water partition coefficient (Wildman–Crippen LogP) is 3.23. The Hall–Kier alpha value is -2.00. The Morgan fingerprint density at radius 3 is 2.52 bits per heavy atom. The highest BCUT2D eigenvalue weighted by atomic mass is 35.7. The molecule has 1 aromatic rings. The lowest BCUT2D eigenvalue weighted by Crippen LogP contribution is -2.44. The van der Waals surface area contributed by atoms with Gasteiger partial charge in [0.05, 0.1) is 20.1 Å². The summed E-state index contributed by atoms with van der Waals surface area (Å²) in [5, 5.41) is 0. The zero-order valence-electron chi connectivity index (χ0n) is 16.3. The van der Waals surface area contributed by atoms with Gasteiger partial charge >= 0.3 is 5.97 Å². The summed E-state index contributed by atoms with van der Waals surface area (Å²) in [5.74, 6) is -1.26. The third-order valence-corrected chi connectivity index (χ3v) is 6.46. The molecule has 1 fully saturated rings. The van der Waals surface area contributed by atoms with Crippen LogP contribution in [0.3, 0.4) is 0 Å². The van der Waals surface area contributed by atoms with Crippen molar-refractivity contribution in [1.29, 1.82) is 0 Å². The van der Waals surface area contributed by atoms with Crippen molar-refractivity contribution in [2.24, 2.45) is 0 Å². The van der Waals surface area contributed by atoms with Crippen LogP contribution in [0.5, 0.6) is 17.2 Å². The Kier molecular flexibility index (Phi) is 6.28. The summed E-state index contributed by atoms with van der Waals surface area (Å²) >= 11 is 0. The zero-order chi connectivity index (χ0) is 21.2. The van der Waals surface area contributed by atoms with E-state index >= 15 is 0 Å². The van der Waals surface area contributed by atoms with Crippen molar-refractivity contribution >= 4 is 31.5 Å². The van der Waals surface area contributed by atoms with Crippen molar-refractivity contribution in [2.45, 2.75) is 55.9 Å². The molecule has 2 aliphatic rings. The summed E-state index contributed by atoms with van der Waals surface area (Å²) in [6, 6.07) is 1.23. The molecule has 0 atom stereocenters. The van der Waals surface area contributed by atoms with Gasteiger partial charge in [-0.05, 0) is 32.6 Å². The van der Waals surface area contributed by atoms with Gasteiger partial charge in [0.1, 0.15) is 22.7 Å². The Bertz CT molecular complexity index is 919. The molecule has 0 N–H and O–H groups in total. The van der Waals surface area contributed by atoms with E-state index in [1.165, 1.54) is 13.2 Å². The molecule has 1 aromatic carbocycles. The molecule has 29 heavy (non-hydrogen) atoms. The van der Waals surface area contributed by atoms with Crippen LogP contribution in [0.15, 0.2) is 11.0 Å². The second-order valence-corrected chi connectivity index (χ2v) is 9.59. The normalized spacial score (nSPS) is 18.0. The molecule has 1 aliphatic carbocycles. The Morgan fingerprint density at radius 2 is 1.93 bits per heavy atom. The maximum absolute atomic E-state index is 13.0. The number of methoxy groups -OCH3 is 1. The maximum Gasteiger partial charge on any atom is 0.344 e. The van der Waals surface area contributed by atoms with Crippen LogP contribution in [0.2, 0.25) is 0 Å². The Labute approximate surface area is 173 Å². The number of fused-ring (bicyclic) bond motifs is 1. The molecule has 0 bridgehead atoms. The first kappa shape index (κ1) is 21.7. The number of hydrogen-bond donors (Lipinski definition) is 0. The number of benzene rings is 1. The van der Waals surface area contributed by atoms with E-state index in [0.717, 1.165) is 19.3 Å². The van der Waals surface area contributed by atoms with Crippen LogP contribution in [0.4, 0.5) is 0 Å². The number of carbonyl (C=O) groups is 2. The van der Waals surface area contributed by atoms with Crippen molar-refractivity contribution in [3.05, 3.63) is 11.6 Å². The molecule has 1 spiro atoms. The lowest BCUT2D eigenvalue weighted by atomic mass is 9.78. The first-order chi connectivity index (χ1) is 13.7. The quantitative estimate of drug-likeness (QED) is 0.484. The van der Waals surface area contributed by atoms with Crippen LogP contribution >= 0.6 is 10.7 Å². The predicted molar refractivity (Wildman–Crippen MR) is 104 cm³/mol. The summed E-state index contributed by atoms with van der Waals surface area (Å²) in [6.45, 7) is 1.25. The topological polar surface area (TPSA) is 105 Å². The average Bonchev–Trinajstić information content (AvgIpc) is 2.65. The largest absolute Gasteiger partial charge is 0.496 e. The van der Waals surface area contributed by atoms with Crippen molar-refractivity contribution < 1.29 is 37.0 Å². The number of ketones is 1. The van der Waals surface area contributed by atoms with E-state index in [9.17, 15) is 18.0 Å². The van der Waals surface area contributed by atoms with Gasteiger partial charge in [-0.15, -0.1) is 0 Å². The number of ether oxygens (including phenoxy) is 4. The fourth-order valence-corrected chi connectivity index (χ4v) is 5.06. The van der Waals surface area contributed by atoms with E-state index in [0.29, 0.717) is 12.8 Å². The molecule has 3 rings (SSSR count). The average molecular weight is 447 g/mol. The minimum atomic E-state index is -4.38. The van der Waals surface area contributed by atoms with Crippen LogP contribution in [0, 0.1) is 0 Å². The number of halogens is 1. The molecule has 1 saturated carbocycles. The third-order valence-electron chi connectivity index (χ3n) is 5.13. The second kappa shape index (κ2) is 8.39. The first-order valence-corrected chi connectivity index (χ1v) is 11.7. The van der Waals surface area contributed by atoms with Gasteiger partial charge in [0.2, 0.25) is 0 Å². The summed E-state index contributed by atoms with van der Waals surface area (Å²) in [5.41, 5.74) is -0.755. The van der Waals surface area contributed by atoms with Gasteiger partial charge in [0.25, 0.3) is 9.05 Å². The summed E-state index contributed by atoms with van der Waals surface area (Å²) in [6.07, 6.45) is 4.19. The minimum Gasteiger partial charge on any atom is -0.496 e. The zero-order valence-corrected chi connectivity index (χ0v) is 17.9. The second-order valence-electron chi connectivity index (χ2n) is 7.09. The monoisotopic (exact) mass is 446 g/mol. The van der Waals surface area contributed by atoms with E-state index < -0.39 is 32.1 Å². The SMILES string of the molecule is CCOC(=O)COc1cc(OC)c2c(c1S(=O)(=O)Cl)OC1(CCCCC1)CC2=O. The van der Waals surface area contributed by atoms with Gasteiger partial charge in [-0.25, -0.2) is 13.2 Å². The molecule has 0 saturated heterocycles. The highest BCUT2D eigenvalue weighted by Crippen LogP contribution is 2.51. The van der Waals surface area contributed by atoms with E-state index in [4.69, 9.17) is 29.6 Å². The van der Waals surface area contributed by atoms with E-state index in [1.54, 1.807) is 6.92 Å². The van der Waals surface area contributed by atoms with Gasteiger partial charge in [-0.1, -0.05) is 6.42 Å². The Balaban J connectivity index is 2.13. The van der Waals surface area contributed by atoms with Gasteiger partial charge in [-0.3, -0.25) is 4.79 Å². The van der Waals surface area contributed by atoms with Gasteiger partial charge < -0.3 is 18.9 Å². The molecule has 8 nitrogen and oxygen atoms in total. The van der Waals surface area contributed by atoms with Gasteiger partial charge in [-0.2, -0.15) is 0 Å². The maximum atomic E-state index is 13.0. The van der Waals surface area contributed by atoms with Gasteiger partial charge in [0.15, 0.2) is 23.0 Å². The van der Waals surface area contributed by atoms with Crippen molar-refractivity contribution in [2.75, 3.05) is 20.3 Å². The summed E-state index contributed by atoms with van der Waals surface area (Å²) in [7, 11) is 2.66. The van der Waals surface area contributed by atoms with E-state index in [-0.39, 0.29) is 41.6 Å². The molecule has 1 heterocycles. The first-order valence-electron chi connectivity index (χ1n) is 9.41. The van der Waals surface area contributed by atoms with Crippen molar-refractivity contribution in [1.82, 2.24) is 0 Å². The molecule has 10 heteroatoms. The fourth-order valence-electron chi connectivity index (χ4n) is 3.90. The number of carbonyl (C=O) groups excluding carboxylic acids is 2. The van der Waals surface area contributed by atoms with E-state index in [1.807, 2.05) is 0 Å². The molecular formula is C19H23ClO8S. The summed E-state index contributed by atoms with van der Waals surface area (Å²) in [4.78, 5) is 24.2. The van der Waals surface area contributed by atoms with Crippen LogP contribution in [0.25, 0.3) is 0 Å². The molecule has 0 aromatic heterocycles. The lowest BCUT2D eigenvalue weighted by molar-refractivity contribution is -0.145. The highest BCUT2D eigenvalue weighted by Gasteiger charge is 2.46. The highest BCUT2D eigenvalue weighted by molar-refractivity contribution is 8.14. The third kappa shape index (κ3) is 4.45. The molecule has 0 amide bonds. The Morgan fingerprint density at radius 1 is 1.24 bits per heavy atom. The minimum absolute atomic E-state index is 0.0198. The van der Waals surface area contributed by atoms with E-state index in [2.05, 4.69) is 0 Å². The molecule has 1 aliphatic heterocycles. The van der Waals surface area contributed by atoms with Crippen LogP contribution in [-0.4, -0.2) is 46.1 Å². The van der Waals surface area contributed by atoms with Crippen LogP contribution in [-0.2, 0) is 18.6 Å². The van der Waals surface area contributed by atoms with Crippen molar-refractivity contribution in [3.8, 4) is 17.2 Å². The lowest BCUT2D eigenvalue weighted by Gasteiger charge is -2.41. The molecule has 0 radical (unpaired) electrons. The fraction of sp³-hybridized carbons (Fsp3) is 0.579. The number of hydrogen-bond acceptors (Lipinski definition) is 8. The number of esters is 1. The molecular weight excluding hydrogens is 424 g/mol.